The molecular formula is C25H38N9O10P. The van der Waals surface area contributed by atoms with Crippen LogP contribution in [0.25, 0.3) is 11.2 Å². The van der Waals surface area contributed by atoms with Gasteiger partial charge in [0.2, 0.25) is 5.95 Å². The first-order valence-electron chi connectivity index (χ1n) is 14.3. The predicted octanol–water partition coefficient (Wildman–Crippen LogP) is -1.46. The van der Waals surface area contributed by atoms with Crippen molar-refractivity contribution in [1.29, 1.82) is 0 Å². The van der Waals surface area contributed by atoms with Crippen LogP contribution in [0.4, 0.5) is 5.95 Å². The highest BCUT2D eigenvalue weighted by molar-refractivity contribution is 7.51. The van der Waals surface area contributed by atoms with Gasteiger partial charge in [-0.25, -0.2) is 19.4 Å². The molecule has 0 bridgehead atoms. The van der Waals surface area contributed by atoms with Crippen molar-refractivity contribution < 1.29 is 33.3 Å². The van der Waals surface area contributed by atoms with Gasteiger partial charge in [0.15, 0.2) is 11.2 Å². The number of nitrogens with zero attached hydrogens (tertiary/aromatic N) is 5. The van der Waals surface area contributed by atoms with Gasteiger partial charge in [-0.05, 0) is 34.0 Å². The molecule has 5 heterocycles. The molecule has 0 aromatic carbocycles. The Kier molecular flexibility index (Phi) is 10.0. The van der Waals surface area contributed by atoms with Crippen LogP contribution in [0.2, 0.25) is 0 Å². The number of rotatable bonds is 13. The fourth-order valence-electron chi connectivity index (χ4n) is 5.21. The molecule has 5 rings (SSSR count). The third-order valence-corrected chi connectivity index (χ3v) is 9.20. The molecule has 7 atom stereocenters. The van der Waals surface area contributed by atoms with E-state index in [0.717, 1.165) is 0 Å². The van der Waals surface area contributed by atoms with Crippen LogP contribution in [0.15, 0.2) is 26.9 Å². The van der Waals surface area contributed by atoms with Crippen LogP contribution in [0, 0.1) is 6.92 Å². The number of aliphatic hydroxyl groups excluding tert-OH is 2. The molecule has 3 aromatic rings. The molecule has 3 aromatic heterocycles. The topological polar surface area (TPSA) is 254 Å². The molecule has 0 radical (unpaired) electrons. The van der Waals surface area contributed by atoms with Gasteiger partial charge in [0, 0.05) is 31.1 Å². The minimum absolute atomic E-state index is 0.0197. The number of imidazole rings is 1. The van der Waals surface area contributed by atoms with E-state index >= 15 is 0 Å². The lowest BCUT2D eigenvalue weighted by atomic mass is 10.2. The Balaban J connectivity index is 1.31. The van der Waals surface area contributed by atoms with Gasteiger partial charge in [0.25, 0.3) is 11.1 Å². The average molecular weight is 656 g/mol. The predicted molar refractivity (Wildman–Crippen MR) is 158 cm³/mol. The molecule has 2 aliphatic heterocycles. The molecule has 0 saturated carbocycles. The number of nitrogen functional groups attached to an aromatic ring is 1. The molecule has 19 nitrogen and oxygen atoms in total. The SMILES string of the molecule is Cc1cn(C2CC(O)C(COP(=O)(NCCCN(C)C)OC3CC(n4cnc5c(=O)[nH]c(N)nc54)OC3CO)O2)c(=O)[nH]c1=O. The smallest absolute Gasteiger partial charge is 0.394 e. The Morgan fingerprint density at radius 1 is 1.16 bits per heavy atom. The van der Waals surface area contributed by atoms with E-state index < -0.39 is 68.0 Å². The van der Waals surface area contributed by atoms with Crippen molar-refractivity contribution in [3.05, 3.63) is 49.3 Å². The first kappa shape index (κ1) is 33.1. The lowest BCUT2D eigenvalue weighted by Crippen LogP contribution is -2.34. The third kappa shape index (κ3) is 7.43. The zero-order chi connectivity index (χ0) is 32.5. The number of hydrogen-bond acceptors (Lipinski definition) is 14. The number of nitrogens with two attached hydrogens (primary N) is 1. The highest BCUT2D eigenvalue weighted by Gasteiger charge is 2.44. The summed E-state index contributed by atoms with van der Waals surface area (Å²) in [6.45, 7) is 1.62. The Morgan fingerprint density at radius 3 is 2.62 bits per heavy atom. The van der Waals surface area contributed by atoms with E-state index in [4.69, 9.17) is 24.3 Å². The summed E-state index contributed by atoms with van der Waals surface area (Å²) < 4.78 is 40.3. The first-order valence-corrected chi connectivity index (χ1v) is 15.9. The number of aryl methyl sites for hydroxylation is 1. The van der Waals surface area contributed by atoms with E-state index in [0.29, 0.717) is 13.0 Å². The number of aromatic amines is 2. The van der Waals surface area contributed by atoms with E-state index in [1.165, 1.54) is 28.6 Å². The molecule has 0 spiro atoms. The van der Waals surface area contributed by atoms with Crippen LogP contribution in [0.5, 0.6) is 0 Å². The quantitative estimate of drug-likeness (QED) is 0.0909. The summed E-state index contributed by atoms with van der Waals surface area (Å²) in [6, 6.07) is 0. The summed E-state index contributed by atoms with van der Waals surface area (Å²) in [5.74, 6) is -0.113. The van der Waals surface area contributed by atoms with Crippen molar-refractivity contribution in [3.8, 4) is 0 Å². The van der Waals surface area contributed by atoms with E-state index in [2.05, 4.69) is 25.0 Å². The fraction of sp³-hybridized carbons (Fsp3) is 0.640. The maximum absolute atomic E-state index is 14.1. The second-order valence-electron chi connectivity index (χ2n) is 11.2. The fourth-order valence-corrected chi connectivity index (χ4v) is 6.79. The zero-order valence-corrected chi connectivity index (χ0v) is 25.9. The van der Waals surface area contributed by atoms with Gasteiger partial charge in [-0.1, -0.05) is 0 Å². The highest BCUT2D eigenvalue weighted by atomic mass is 31.2. The molecule has 0 aliphatic carbocycles. The number of anilines is 1. The summed E-state index contributed by atoms with van der Waals surface area (Å²) in [6.07, 6.45) is -2.23. The van der Waals surface area contributed by atoms with Crippen molar-refractivity contribution in [2.24, 2.45) is 0 Å². The van der Waals surface area contributed by atoms with E-state index in [-0.39, 0.29) is 48.7 Å². The second kappa shape index (κ2) is 13.6. The van der Waals surface area contributed by atoms with Gasteiger partial charge < -0.3 is 30.3 Å². The summed E-state index contributed by atoms with van der Waals surface area (Å²) >= 11 is 0. The molecule has 7 unspecified atom stereocenters. The first-order chi connectivity index (χ1) is 21.4. The summed E-state index contributed by atoms with van der Waals surface area (Å²) in [5.41, 5.74) is 4.46. The van der Waals surface area contributed by atoms with E-state index in [9.17, 15) is 29.2 Å². The second-order valence-corrected chi connectivity index (χ2v) is 13.0. The summed E-state index contributed by atoms with van der Waals surface area (Å²) in [7, 11) is -0.327. The number of nitrogens with one attached hydrogen (secondary N) is 3. The number of aromatic nitrogens is 6. The van der Waals surface area contributed by atoms with Crippen LogP contribution in [0.3, 0.4) is 0 Å². The molecule has 7 N–H and O–H groups in total. The van der Waals surface area contributed by atoms with Gasteiger partial charge in [-0.2, -0.15) is 4.98 Å². The lowest BCUT2D eigenvalue weighted by Gasteiger charge is -2.26. The summed E-state index contributed by atoms with van der Waals surface area (Å²) in [5, 5.41) is 23.6. The Labute approximate surface area is 255 Å². The van der Waals surface area contributed by atoms with Crippen LogP contribution in [-0.2, 0) is 23.1 Å². The molecule has 20 heteroatoms. The van der Waals surface area contributed by atoms with Crippen LogP contribution in [-0.4, -0.2) is 109 Å². The standard InChI is InChI=1S/C25H38N9O10P/c1-13-9-33(25(39)31-22(13)37)18-7-14(36)17(43-18)11-41-45(40,28-5-4-6-32(2)3)44-15-8-19(42-16(15)10-35)34-12-27-20-21(34)29-24(26)30-23(20)38/h9,12,14-19,35-36H,4-8,10-11H2,1-3H3,(H,28,40)(H,31,37,39)(H3,26,29,30,38). The van der Waals surface area contributed by atoms with Gasteiger partial charge in [0.1, 0.15) is 30.8 Å². The molecule has 2 saturated heterocycles. The summed E-state index contributed by atoms with van der Waals surface area (Å²) in [4.78, 5) is 51.1. The largest absolute Gasteiger partial charge is 0.405 e. The van der Waals surface area contributed by atoms with Crippen molar-refractivity contribution in [3.63, 3.8) is 0 Å². The minimum Gasteiger partial charge on any atom is -0.394 e. The van der Waals surface area contributed by atoms with Crippen LogP contribution >= 0.6 is 7.75 Å². The molecule has 0 amide bonds. The number of H-pyrrole nitrogens is 2. The zero-order valence-electron chi connectivity index (χ0n) is 25.0. The van der Waals surface area contributed by atoms with Gasteiger partial charge in [-0.15, -0.1) is 0 Å². The molecular weight excluding hydrogens is 617 g/mol. The molecule has 2 aliphatic rings. The van der Waals surface area contributed by atoms with E-state index in [1.807, 2.05) is 19.0 Å². The normalized spacial score (nSPS) is 26.6. The Bertz CT molecular complexity index is 1720. The van der Waals surface area contributed by atoms with E-state index in [1.54, 1.807) is 0 Å². The van der Waals surface area contributed by atoms with Crippen molar-refractivity contribution in [2.75, 3.05) is 46.1 Å². The maximum atomic E-state index is 14.1. The number of ether oxygens (including phenoxy) is 2. The van der Waals surface area contributed by atoms with Gasteiger partial charge in [0.05, 0.1) is 25.6 Å². The number of hydrogen-bond donors (Lipinski definition) is 6. The Morgan fingerprint density at radius 2 is 1.89 bits per heavy atom. The van der Waals surface area contributed by atoms with Gasteiger partial charge in [-0.3, -0.25) is 37.7 Å². The van der Waals surface area contributed by atoms with Gasteiger partial charge >= 0.3 is 13.4 Å². The van der Waals surface area contributed by atoms with Crippen molar-refractivity contribution in [2.45, 2.75) is 63.1 Å². The number of aliphatic hydroxyl groups is 2. The molecule has 2 fully saturated rings. The lowest BCUT2D eigenvalue weighted by molar-refractivity contribution is -0.0522. The molecule has 45 heavy (non-hydrogen) atoms. The number of fused-ring (bicyclic) bond motifs is 1. The monoisotopic (exact) mass is 655 g/mol. The highest BCUT2D eigenvalue weighted by Crippen LogP contribution is 2.49. The average Bonchev–Trinajstić information content (AvgIpc) is 3.68. The maximum Gasteiger partial charge on any atom is 0.405 e. The van der Waals surface area contributed by atoms with Crippen molar-refractivity contribution in [1.82, 2.24) is 39.1 Å². The van der Waals surface area contributed by atoms with Crippen LogP contribution < -0.4 is 27.6 Å². The third-order valence-electron chi connectivity index (χ3n) is 7.55. The molecule has 248 valence electrons. The van der Waals surface area contributed by atoms with Crippen molar-refractivity contribution >= 4 is 24.9 Å². The minimum atomic E-state index is -4.12. The van der Waals surface area contributed by atoms with Crippen LogP contribution in [0.1, 0.15) is 37.3 Å². The Hall–Kier alpha value is -3.26.